The van der Waals surface area contributed by atoms with E-state index in [1.54, 1.807) is 18.2 Å². The van der Waals surface area contributed by atoms with Gasteiger partial charge in [-0.15, -0.1) is 6.58 Å². The number of carbonyl (C=O) groups excluding carboxylic acids is 2. The first-order valence-electron chi connectivity index (χ1n) is 8.81. The number of aromatic nitrogens is 1. The average Bonchev–Trinajstić information content (AvgIpc) is 2.61. The first kappa shape index (κ1) is 20.4. The lowest BCUT2D eigenvalue weighted by atomic mass is 9.75. The molecule has 1 aromatic heterocycles. The van der Waals surface area contributed by atoms with Crippen molar-refractivity contribution in [3.63, 3.8) is 0 Å². The highest BCUT2D eigenvalue weighted by atomic mass is 35.5. The fourth-order valence-electron chi connectivity index (χ4n) is 3.43. The van der Waals surface area contributed by atoms with Gasteiger partial charge in [-0.05, 0) is 36.1 Å². The van der Waals surface area contributed by atoms with Crippen LogP contribution in [0, 0.1) is 5.41 Å². The molecule has 146 valence electrons. The number of benzene rings is 1. The fraction of sp³-hybridized carbons (Fsp3) is 0.286. The summed E-state index contributed by atoms with van der Waals surface area (Å²) in [5.41, 5.74) is 0.503. The number of halogens is 2. The number of fused-ring (bicyclic) bond motifs is 1. The normalized spacial score (nSPS) is 15.1. The fourth-order valence-corrected chi connectivity index (χ4v) is 3.73. The zero-order valence-corrected chi connectivity index (χ0v) is 17.2. The Labute approximate surface area is 173 Å². The Kier molecular flexibility index (Phi) is 5.50. The Balaban J connectivity index is 2.31. The summed E-state index contributed by atoms with van der Waals surface area (Å²) in [6.07, 6.45) is 2.37. The van der Waals surface area contributed by atoms with Crippen LogP contribution < -0.4 is 10.9 Å². The lowest BCUT2D eigenvalue weighted by Gasteiger charge is -2.32. The van der Waals surface area contributed by atoms with Crippen molar-refractivity contribution >= 4 is 34.9 Å². The second kappa shape index (κ2) is 7.57. The summed E-state index contributed by atoms with van der Waals surface area (Å²) in [6, 6.07) is 6.19. The summed E-state index contributed by atoms with van der Waals surface area (Å²) in [7, 11) is 0. The second-order valence-electron chi connectivity index (χ2n) is 7.60. The predicted molar refractivity (Wildman–Crippen MR) is 111 cm³/mol. The molecular weight excluding hydrogens is 399 g/mol. The Morgan fingerprint density at radius 2 is 1.93 bits per heavy atom. The van der Waals surface area contributed by atoms with Gasteiger partial charge in [-0.3, -0.25) is 19.0 Å². The summed E-state index contributed by atoms with van der Waals surface area (Å²) in [6.45, 7) is 7.71. The maximum atomic E-state index is 13.2. The molecule has 0 fully saturated rings. The summed E-state index contributed by atoms with van der Waals surface area (Å²) in [5, 5.41) is 3.23. The third kappa shape index (κ3) is 3.77. The maximum absolute atomic E-state index is 13.2. The first-order chi connectivity index (χ1) is 13.1. The lowest BCUT2D eigenvalue weighted by Crippen LogP contribution is -2.38. The highest BCUT2D eigenvalue weighted by Crippen LogP contribution is 2.36. The van der Waals surface area contributed by atoms with Gasteiger partial charge in [0, 0.05) is 24.2 Å². The van der Waals surface area contributed by atoms with Crippen molar-refractivity contribution in [2.45, 2.75) is 26.7 Å². The summed E-state index contributed by atoms with van der Waals surface area (Å²) in [4.78, 5) is 38.6. The second-order valence-corrected chi connectivity index (χ2v) is 8.41. The zero-order chi connectivity index (χ0) is 20.6. The Bertz CT molecular complexity index is 1050. The number of ketones is 1. The van der Waals surface area contributed by atoms with Gasteiger partial charge in [-0.25, -0.2) is 0 Å². The third-order valence-corrected chi connectivity index (χ3v) is 5.44. The Morgan fingerprint density at radius 3 is 2.57 bits per heavy atom. The molecule has 0 atom stereocenters. The van der Waals surface area contributed by atoms with E-state index in [0.29, 0.717) is 34.8 Å². The van der Waals surface area contributed by atoms with E-state index in [1.165, 1.54) is 16.7 Å². The number of pyridine rings is 1. The molecule has 1 amide bonds. The van der Waals surface area contributed by atoms with E-state index >= 15 is 0 Å². The smallest absolute Gasteiger partial charge is 0.268 e. The number of amides is 1. The van der Waals surface area contributed by atoms with Crippen molar-refractivity contribution in [3.8, 4) is 5.69 Å². The van der Waals surface area contributed by atoms with Gasteiger partial charge in [0.2, 0.25) is 0 Å². The largest absolute Gasteiger partial charge is 0.348 e. The van der Waals surface area contributed by atoms with Crippen LogP contribution in [0.2, 0.25) is 10.0 Å². The van der Waals surface area contributed by atoms with Crippen molar-refractivity contribution in [3.05, 3.63) is 74.1 Å². The zero-order valence-electron chi connectivity index (χ0n) is 15.6. The number of carbonyl (C=O) groups is 2. The van der Waals surface area contributed by atoms with E-state index in [1.807, 2.05) is 13.8 Å². The van der Waals surface area contributed by atoms with Crippen LogP contribution in [0.3, 0.4) is 0 Å². The van der Waals surface area contributed by atoms with E-state index in [0.717, 1.165) is 0 Å². The van der Waals surface area contributed by atoms with Gasteiger partial charge < -0.3 is 5.32 Å². The van der Waals surface area contributed by atoms with E-state index in [2.05, 4.69) is 11.9 Å². The van der Waals surface area contributed by atoms with Crippen molar-refractivity contribution < 1.29 is 9.59 Å². The summed E-state index contributed by atoms with van der Waals surface area (Å²) < 4.78 is 1.40. The number of nitrogens with one attached hydrogen (secondary N) is 1. The first-order valence-corrected chi connectivity index (χ1v) is 9.57. The molecule has 0 aliphatic heterocycles. The van der Waals surface area contributed by atoms with Gasteiger partial charge in [0.1, 0.15) is 5.56 Å². The van der Waals surface area contributed by atoms with Gasteiger partial charge in [-0.2, -0.15) is 0 Å². The van der Waals surface area contributed by atoms with Crippen LogP contribution in [0.4, 0.5) is 0 Å². The molecule has 5 nitrogen and oxygen atoms in total. The SMILES string of the molecule is C=CCNC(=O)c1cc2c(n(-c3ccc(Cl)c(Cl)c3)c1=O)CC(C)(C)CC2=O. The highest BCUT2D eigenvalue weighted by molar-refractivity contribution is 6.42. The minimum Gasteiger partial charge on any atom is -0.348 e. The maximum Gasteiger partial charge on any atom is 0.268 e. The molecule has 0 unspecified atom stereocenters. The third-order valence-electron chi connectivity index (χ3n) is 4.70. The van der Waals surface area contributed by atoms with Crippen molar-refractivity contribution in [2.75, 3.05) is 6.54 Å². The van der Waals surface area contributed by atoms with E-state index in [4.69, 9.17) is 23.2 Å². The van der Waals surface area contributed by atoms with Gasteiger partial charge in [0.15, 0.2) is 5.78 Å². The van der Waals surface area contributed by atoms with Crippen molar-refractivity contribution in [1.82, 2.24) is 9.88 Å². The van der Waals surface area contributed by atoms with Gasteiger partial charge in [0.25, 0.3) is 11.5 Å². The molecule has 1 aliphatic carbocycles. The number of hydrogen-bond acceptors (Lipinski definition) is 3. The molecule has 1 heterocycles. The van der Waals surface area contributed by atoms with Gasteiger partial charge >= 0.3 is 0 Å². The monoisotopic (exact) mass is 418 g/mol. The number of Topliss-reactive ketones (excluding diaryl/α,β-unsaturated/α-hetero) is 1. The van der Waals surface area contributed by atoms with Crippen LogP contribution in [0.1, 0.15) is 46.7 Å². The van der Waals surface area contributed by atoms with Crippen LogP contribution in [0.5, 0.6) is 0 Å². The minimum atomic E-state index is -0.556. The molecule has 1 aliphatic rings. The van der Waals surface area contributed by atoms with Crippen LogP contribution >= 0.6 is 23.2 Å². The Hall–Kier alpha value is -2.37. The predicted octanol–water partition coefficient (Wildman–Crippen LogP) is 4.22. The molecule has 0 saturated heterocycles. The van der Waals surface area contributed by atoms with Crippen LogP contribution in [0.15, 0.2) is 41.7 Å². The van der Waals surface area contributed by atoms with E-state index < -0.39 is 11.5 Å². The molecule has 0 bridgehead atoms. The number of rotatable bonds is 4. The lowest BCUT2D eigenvalue weighted by molar-refractivity contribution is 0.0908. The quantitative estimate of drug-likeness (QED) is 0.755. The van der Waals surface area contributed by atoms with E-state index in [-0.39, 0.29) is 28.3 Å². The molecule has 2 aromatic rings. The molecule has 28 heavy (non-hydrogen) atoms. The van der Waals surface area contributed by atoms with Gasteiger partial charge in [0.05, 0.1) is 15.7 Å². The molecule has 0 radical (unpaired) electrons. The van der Waals surface area contributed by atoms with Crippen LogP contribution in [-0.2, 0) is 6.42 Å². The van der Waals surface area contributed by atoms with Crippen molar-refractivity contribution in [2.24, 2.45) is 5.41 Å². The molecule has 0 saturated carbocycles. The standard InChI is InChI=1S/C21H20Cl2N2O3/c1-4-7-24-19(27)14-9-13-17(10-21(2,3)11-18(13)26)25(20(14)28)12-5-6-15(22)16(23)8-12/h4-6,8-9H,1,7,10-11H2,2-3H3,(H,24,27). The Morgan fingerprint density at radius 1 is 1.21 bits per heavy atom. The molecule has 3 rings (SSSR count). The summed E-state index contributed by atoms with van der Waals surface area (Å²) >= 11 is 12.2. The minimum absolute atomic E-state index is 0.0975. The molecule has 7 heteroatoms. The summed E-state index contributed by atoms with van der Waals surface area (Å²) in [5.74, 6) is -0.656. The number of hydrogen-bond donors (Lipinski definition) is 1. The molecule has 0 spiro atoms. The van der Waals surface area contributed by atoms with Crippen LogP contribution in [-0.4, -0.2) is 22.8 Å². The van der Waals surface area contributed by atoms with Crippen molar-refractivity contribution in [1.29, 1.82) is 0 Å². The highest BCUT2D eigenvalue weighted by Gasteiger charge is 2.35. The molecule has 1 N–H and O–H groups in total. The average molecular weight is 419 g/mol. The van der Waals surface area contributed by atoms with E-state index in [9.17, 15) is 14.4 Å². The molecular formula is C21H20Cl2N2O3. The number of nitrogens with zero attached hydrogens (tertiary/aromatic N) is 1. The molecule has 1 aromatic carbocycles. The topological polar surface area (TPSA) is 68.2 Å². The van der Waals surface area contributed by atoms with Crippen LogP contribution in [0.25, 0.3) is 5.69 Å². The van der Waals surface area contributed by atoms with Gasteiger partial charge in [-0.1, -0.05) is 43.1 Å².